The van der Waals surface area contributed by atoms with Crippen LogP contribution in [0.2, 0.25) is 0 Å². The molecular formula is C14H18F3N7O2S. The summed E-state index contributed by atoms with van der Waals surface area (Å²) >= 11 is 0. The van der Waals surface area contributed by atoms with Crippen molar-refractivity contribution in [1.82, 2.24) is 28.4 Å². The van der Waals surface area contributed by atoms with Crippen LogP contribution >= 0.6 is 0 Å². The normalized spacial score (nSPS) is 24.3. The Kier molecular flexibility index (Phi) is 4.09. The van der Waals surface area contributed by atoms with E-state index in [1.807, 2.05) is 4.90 Å². The maximum atomic E-state index is 13.0. The first kappa shape index (κ1) is 18.4. The lowest BCUT2D eigenvalue weighted by Gasteiger charge is -2.24. The van der Waals surface area contributed by atoms with Gasteiger partial charge in [-0.05, 0) is 24.0 Å². The molecule has 27 heavy (non-hydrogen) atoms. The molecule has 2 fully saturated rings. The van der Waals surface area contributed by atoms with Crippen LogP contribution < -0.4 is 4.90 Å². The van der Waals surface area contributed by atoms with E-state index in [1.54, 1.807) is 6.07 Å². The summed E-state index contributed by atoms with van der Waals surface area (Å²) < 4.78 is 66.9. The van der Waals surface area contributed by atoms with E-state index in [0.29, 0.717) is 36.5 Å². The Morgan fingerprint density at radius 3 is 2.26 bits per heavy atom. The van der Waals surface area contributed by atoms with Gasteiger partial charge < -0.3 is 4.90 Å². The van der Waals surface area contributed by atoms with Crippen LogP contribution in [0.3, 0.4) is 0 Å². The lowest BCUT2D eigenvalue weighted by atomic mass is 10.0. The molecule has 0 amide bonds. The van der Waals surface area contributed by atoms with Crippen molar-refractivity contribution < 1.29 is 21.6 Å². The quantitative estimate of drug-likeness (QED) is 0.731. The molecule has 13 heteroatoms. The van der Waals surface area contributed by atoms with E-state index in [1.165, 1.54) is 28.8 Å². The minimum absolute atomic E-state index is 0.0220. The first-order chi connectivity index (χ1) is 12.6. The fraction of sp³-hybridized carbons (Fsp3) is 0.643. The van der Waals surface area contributed by atoms with Gasteiger partial charge >= 0.3 is 6.18 Å². The number of halogens is 3. The smallest absolute Gasteiger partial charge is 0.355 e. The van der Waals surface area contributed by atoms with Crippen molar-refractivity contribution in [2.45, 2.75) is 6.18 Å². The average Bonchev–Trinajstić information content (AvgIpc) is 3.25. The van der Waals surface area contributed by atoms with Crippen LogP contribution in [0.15, 0.2) is 12.1 Å². The Morgan fingerprint density at radius 1 is 1.07 bits per heavy atom. The Morgan fingerprint density at radius 2 is 1.70 bits per heavy atom. The molecule has 0 spiro atoms. The second-order valence-corrected chi connectivity index (χ2v) is 9.16. The summed E-state index contributed by atoms with van der Waals surface area (Å²) in [6, 6.07) is 3.06. The maximum absolute atomic E-state index is 13.0. The van der Waals surface area contributed by atoms with Crippen molar-refractivity contribution in [3.8, 4) is 0 Å². The van der Waals surface area contributed by atoms with Gasteiger partial charge in [0.2, 0.25) is 0 Å². The fourth-order valence-electron chi connectivity index (χ4n) is 3.68. The van der Waals surface area contributed by atoms with E-state index in [0.717, 1.165) is 0 Å². The summed E-state index contributed by atoms with van der Waals surface area (Å²) in [5, 5.41) is 10.7. The van der Waals surface area contributed by atoms with E-state index in [9.17, 15) is 21.6 Å². The summed E-state index contributed by atoms with van der Waals surface area (Å²) in [5.41, 5.74) is 0.0220. The molecule has 0 aromatic carbocycles. The van der Waals surface area contributed by atoms with Gasteiger partial charge in [0.05, 0.1) is 0 Å². The van der Waals surface area contributed by atoms with Gasteiger partial charge in [-0.3, -0.25) is 0 Å². The highest BCUT2D eigenvalue weighted by atomic mass is 32.2. The minimum atomic E-state index is -4.65. The van der Waals surface area contributed by atoms with Crippen LogP contribution in [-0.4, -0.2) is 77.1 Å². The Bertz CT molecular complexity index is 961. The first-order valence-corrected chi connectivity index (χ1v) is 9.69. The number of hydrogen-bond donors (Lipinski definition) is 0. The van der Waals surface area contributed by atoms with Gasteiger partial charge in [-0.25, -0.2) is 0 Å². The van der Waals surface area contributed by atoms with Gasteiger partial charge in [-0.15, -0.1) is 15.3 Å². The van der Waals surface area contributed by atoms with Crippen LogP contribution in [0.25, 0.3) is 5.65 Å². The van der Waals surface area contributed by atoms with E-state index in [4.69, 9.17) is 0 Å². The Labute approximate surface area is 153 Å². The van der Waals surface area contributed by atoms with Crippen molar-refractivity contribution in [1.29, 1.82) is 0 Å². The highest BCUT2D eigenvalue weighted by Gasteiger charge is 2.45. The average molecular weight is 405 g/mol. The van der Waals surface area contributed by atoms with E-state index in [2.05, 4.69) is 15.3 Å². The van der Waals surface area contributed by atoms with Crippen molar-refractivity contribution in [2.75, 3.05) is 45.2 Å². The number of alkyl halides is 3. The van der Waals surface area contributed by atoms with Crippen molar-refractivity contribution >= 4 is 21.7 Å². The van der Waals surface area contributed by atoms with E-state index < -0.39 is 22.2 Å². The largest absolute Gasteiger partial charge is 0.453 e. The predicted octanol–water partition coefficient (Wildman–Crippen LogP) is 0.318. The minimum Gasteiger partial charge on any atom is -0.355 e. The Balaban J connectivity index is 1.55. The zero-order chi connectivity index (χ0) is 19.6. The molecule has 0 radical (unpaired) electrons. The number of anilines is 1. The van der Waals surface area contributed by atoms with Crippen LogP contribution in [0, 0.1) is 11.8 Å². The molecule has 0 bridgehead atoms. The molecule has 0 saturated carbocycles. The van der Waals surface area contributed by atoms with Gasteiger partial charge in [-0.2, -0.15) is 34.7 Å². The number of aromatic nitrogens is 4. The molecule has 2 saturated heterocycles. The summed E-state index contributed by atoms with van der Waals surface area (Å²) in [5.74, 6) is -0.549. The van der Waals surface area contributed by atoms with Crippen LogP contribution in [0.5, 0.6) is 0 Å². The molecule has 0 N–H and O–H groups in total. The van der Waals surface area contributed by atoms with E-state index in [-0.39, 0.29) is 17.5 Å². The second kappa shape index (κ2) is 6.01. The molecule has 2 aliphatic heterocycles. The molecule has 4 rings (SSSR count). The molecule has 2 aromatic heterocycles. The van der Waals surface area contributed by atoms with Gasteiger partial charge in [0, 0.05) is 40.3 Å². The standard InChI is InChI=1S/C14H18F3N7O2S/c1-21(2)27(25,26)23-7-9-5-22(6-10(9)8-23)12-4-3-11-18-19-13(14(15,16)17)24(11)20-12/h3-4,9-10H,5-8H2,1-2H3. The van der Waals surface area contributed by atoms with Crippen molar-refractivity contribution in [3.63, 3.8) is 0 Å². The number of rotatable bonds is 3. The Hall–Kier alpha value is -1.99. The number of fused-ring (bicyclic) bond motifs is 2. The van der Waals surface area contributed by atoms with Gasteiger partial charge in [0.15, 0.2) is 5.65 Å². The number of hydrogen-bond acceptors (Lipinski definition) is 6. The third-order valence-corrected chi connectivity index (χ3v) is 6.94. The third kappa shape index (κ3) is 3.02. The number of nitrogens with zero attached hydrogens (tertiary/aromatic N) is 7. The summed E-state index contributed by atoms with van der Waals surface area (Å²) in [6.45, 7) is 1.85. The third-order valence-electron chi connectivity index (χ3n) is 5.07. The summed E-state index contributed by atoms with van der Waals surface area (Å²) in [7, 11) is -0.473. The fourth-order valence-corrected chi connectivity index (χ4v) is 4.90. The van der Waals surface area contributed by atoms with Crippen LogP contribution in [0.4, 0.5) is 19.0 Å². The summed E-state index contributed by atoms with van der Waals surface area (Å²) in [4.78, 5) is 1.88. The SMILES string of the molecule is CN(C)S(=O)(=O)N1CC2CN(c3ccc4nnc(C(F)(F)F)n4n3)CC2C1. The lowest BCUT2D eigenvalue weighted by molar-refractivity contribution is -0.146. The molecule has 2 aromatic rings. The van der Waals surface area contributed by atoms with Crippen molar-refractivity contribution in [2.24, 2.45) is 11.8 Å². The highest BCUT2D eigenvalue weighted by Crippen LogP contribution is 2.35. The van der Waals surface area contributed by atoms with Gasteiger partial charge in [0.25, 0.3) is 16.0 Å². The zero-order valence-corrected chi connectivity index (χ0v) is 15.4. The summed E-state index contributed by atoms with van der Waals surface area (Å²) in [6.07, 6.45) is -4.65. The molecule has 148 valence electrons. The topological polar surface area (TPSA) is 86.9 Å². The highest BCUT2D eigenvalue weighted by molar-refractivity contribution is 7.86. The molecule has 2 atom stereocenters. The molecule has 2 unspecified atom stereocenters. The monoisotopic (exact) mass is 405 g/mol. The molecule has 9 nitrogen and oxygen atoms in total. The molecular weight excluding hydrogens is 387 g/mol. The van der Waals surface area contributed by atoms with Crippen LogP contribution in [-0.2, 0) is 16.4 Å². The molecule has 0 aliphatic carbocycles. The lowest BCUT2D eigenvalue weighted by Crippen LogP contribution is -2.40. The van der Waals surface area contributed by atoms with Crippen LogP contribution in [0.1, 0.15) is 5.82 Å². The van der Waals surface area contributed by atoms with E-state index >= 15 is 0 Å². The second-order valence-electron chi connectivity index (χ2n) is 7.02. The molecule has 2 aliphatic rings. The molecule has 4 heterocycles. The maximum Gasteiger partial charge on any atom is 0.453 e. The van der Waals surface area contributed by atoms with Crippen molar-refractivity contribution in [3.05, 3.63) is 18.0 Å². The van der Waals surface area contributed by atoms with Gasteiger partial charge in [-0.1, -0.05) is 0 Å². The predicted molar refractivity (Wildman–Crippen MR) is 89.2 cm³/mol. The first-order valence-electron chi connectivity index (χ1n) is 8.29. The zero-order valence-electron chi connectivity index (χ0n) is 14.6. The van der Waals surface area contributed by atoms with Gasteiger partial charge in [0.1, 0.15) is 5.82 Å².